The molecule has 0 aliphatic heterocycles. The molecular weight excluding hydrogens is 554 g/mol. The second-order valence-corrected chi connectivity index (χ2v) is 11.1. The molecule has 0 aromatic heterocycles. The highest BCUT2D eigenvalue weighted by molar-refractivity contribution is 6.47. The van der Waals surface area contributed by atoms with Crippen molar-refractivity contribution in [3.8, 4) is 0 Å². The zero-order valence-corrected chi connectivity index (χ0v) is 25.7. The molecule has 2 unspecified atom stereocenters. The Hall–Kier alpha value is -4.55. The van der Waals surface area contributed by atoms with Crippen LogP contribution in [0.15, 0.2) is 133 Å². The first-order valence-electron chi connectivity index (χ1n) is 15.3. The molecule has 6 aromatic carbocycles. The molecule has 222 valence electrons. The second-order valence-electron chi connectivity index (χ2n) is 11.1. The number of nitrogens with one attached hydrogen (secondary N) is 2. The Bertz CT molecular complexity index is 1720. The van der Waals surface area contributed by atoms with Crippen LogP contribution in [0.2, 0.25) is 0 Å². The van der Waals surface area contributed by atoms with Crippen molar-refractivity contribution in [2.45, 2.75) is 39.5 Å². The standard InChI is InChI=1S/C38H36B2N2O3/c1-27(41-37-21-9-15-31-13-3-5-19-35(31)37)44-39-33-17-7-11-29(23-33)25-43-26-30-12-8-18-34(24-30)40-45-28(2)42-38-22-10-16-32-14-4-6-20-36(32)38/h3-24,27-28,41-42H,25-26H2,1-2H3. The van der Waals surface area contributed by atoms with Gasteiger partial charge < -0.3 is 24.7 Å². The van der Waals surface area contributed by atoms with Gasteiger partial charge in [0.05, 0.1) is 13.2 Å². The summed E-state index contributed by atoms with van der Waals surface area (Å²) in [5.41, 5.74) is 6.25. The summed E-state index contributed by atoms with van der Waals surface area (Å²) in [6, 6.07) is 45.6. The van der Waals surface area contributed by atoms with Crippen molar-refractivity contribution in [1.29, 1.82) is 0 Å². The molecule has 0 saturated heterocycles. The summed E-state index contributed by atoms with van der Waals surface area (Å²) in [6.07, 6.45) is -0.387. The molecule has 0 spiro atoms. The first-order valence-corrected chi connectivity index (χ1v) is 15.3. The van der Waals surface area contributed by atoms with Crippen LogP contribution in [0, 0.1) is 0 Å². The van der Waals surface area contributed by atoms with Crippen molar-refractivity contribution in [3.63, 3.8) is 0 Å². The van der Waals surface area contributed by atoms with Crippen molar-refractivity contribution in [3.05, 3.63) is 145 Å². The maximum absolute atomic E-state index is 6.07. The van der Waals surface area contributed by atoms with Crippen molar-refractivity contribution < 1.29 is 14.0 Å². The van der Waals surface area contributed by atoms with Crippen LogP contribution in [0.5, 0.6) is 0 Å². The van der Waals surface area contributed by atoms with Gasteiger partial charge in [-0.3, -0.25) is 0 Å². The van der Waals surface area contributed by atoms with E-state index in [9.17, 15) is 0 Å². The zero-order chi connectivity index (χ0) is 30.8. The van der Waals surface area contributed by atoms with Crippen LogP contribution in [-0.2, 0) is 27.3 Å². The highest BCUT2D eigenvalue weighted by Gasteiger charge is 2.10. The third kappa shape index (κ3) is 8.34. The number of hydrogen-bond acceptors (Lipinski definition) is 5. The Morgan fingerprint density at radius 3 is 1.42 bits per heavy atom. The number of fused-ring (bicyclic) bond motifs is 2. The Morgan fingerprint density at radius 2 is 0.933 bits per heavy atom. The van der Waals surface area contributed by atoms with Gasteiger partial charge in [-0.05, 0) is 47.9 Å². The maximum atomic E-state index is 6.07. The number of hydrogen-bond donors (Lipinski definition) is 2. The molecule has 7 heteroatoms. The molecule has 45 heavy (non-hydrogen) atoms. The van der Waals surface area contributed by atoms with Crippen LogP contribution < -0.4 is 21.6 Å². The van der Waals surface area contributed by atoms with E-state index in [1.807, 2.05) is 38.1 Å². The monoisotopic (exact) mass is 590 g/mol. The summed E-state index contributed by atoms with van der Waals surface area (Å²) in [5.74, 6) is 0. The molecule has 2 radical (unpaired) electrons. The average molecular weight is 590 g/mol. The topological polar surface area (TPSA) is 51.8 Å². The summed E-state index contributed by atoms with van der Waals surface area (Å²) in [6.45, 7) is 5.01. The molecule has 0 bridgehead atoms. The van der Waals surface area contributed by atoms with Gasteiger partial charge in [0, 0.05) is 22.1 Å². The van der Waals surface area contributed by atoms with Gasteiger partial charge in [0.15, 0.2) is 0 Å². The molecule has 2 atom stereocenters. The maximum Gasteiger partial charge on any atom is 0.332 e. The molecule has 2 N–H and O–H groups in total. The van der Waals surface area contributed by atoms with E-state index in [-0.39, 0.29) is 12.5 Å². The predicted octanol–water partition coefficient (Wildman–Crippen LogP) is 7.15. The van der Waals surface area contributed by atoms with Gasteiger partial charge in [0.2, 0.25) is 0 Å². The van der Waals surface area contributed by atoms with E-state index < -0.39 is 0 Å². The lowest BCUT2D eigenvalue weighted by Gasteiger charge is -2.18. The Labute approximate surface area is 267 Å². The Morgan fingerprint density at radius 1 is 0.511 bits per heavy atom. The van der Waals surface area contributed by atoms with E-state index in [4.69, 9.17) is 14.0 Å². The quantitative estimate of drug-likeness (QED) is 0.104. The molecule has 0 fully saturated rings. The van der Waals surface area contributed by atoms with Crippen LogP contribution in [0.1, 0.15) is 25.0 Å². The molecule has 0 amide bonds. The van der Waals surface area contributed by atoms with E-state index in [2.05, 4.69) is 120 Å². The van der Waals surface area contributed by atoms with E-state index in [1.165, 1.54) is 21.5 Å². The summed E-state index contributed by atoms with van der Waals surface area (Å²) < 4.78 is 18.1. The smallest absolute Gasteiger partial charge is 0.332 e. The molecular formula is C38H36B2N2O3. The van der Waals surface area contributed by atoms with Gasteiger partial charge in [0.25, 0.3) is 0 Å². The van der Waals surface area contributed by atoms with Gasteiger partial charge in [-0.2, -0.15) is 0 Å². The van der Waals surface area contributed by atoms with E-state index >= 15 is 0 Å². The van der Waals surface area contributed by atoms with E-state index in [0.717, 1.165) is 33.4 Å². The van der Waals surface area contributed by atoms with Gasteiger partial charge in [-0.1, -0.05) is 132 Å². The van der Waals surface area contributed by atoms with Crippen molar-refractivity contribution in [1.82, 2.24) is 0 Å². The molecule has 5 nitrogen and oxygen atoms in total. The summed E-state index contributed by atoms with van der Waals surface area (Å²) in [7, 11) is 3.59. The fourth-order valence-electron chi connectivity index (χ4n) is 5.37. The van der Waals surface area contributed by atoms with Crippen LogP contribution in [0.4, 0.5) is 11.4 Å². The Kier molecular flexibility index (Phi) is 10.1. The van der Waals surface area contributed by atoms with Gasteiger partial charge in [-0.15, -0.1) is 0 Å². The summed E-state index contributed by atoms with van der Waals surface area (Å²) >= 11 is 0. The van der Waals surface area contributed by atoms with Crippen LogP contribution in [-0.4, -0.2) is 27.4 Å². The average Bonchev–Trinajstić information content (AvgIpc) is 3.07. The van der Waals surface area contributed by atoms with Crippen molar-refractivity contribution in [2.75, 3.05) is 10.6 Å². The minimum atomic E-state index is -0.194. The lowest BCUT2D eigenvalue weighted by atomic mass is 9.87. The fraction of sp³-hybridized carbons (Fsp3) is 0.158. The highest BCUT2D eigenvalue weighted by Crippen LogP contribution is 2.24. The summed E-state index contributed by atoms with van der Waals surface area (Å²) in [4.78, 5) is 0. The first-order chi connectivity index (χ1) is 22.1. The second kappa shape index (κ2) is 15.0. The highest BCUT2D eigenvalue weighted by atomic mass is 16.5. The summed E-state index contributed by atoms with van der Waals surface area (Å²) in [5, 5.41) is 11.7. The molecule has 0 aliphatic carbocycles. The van der Waals surface area contributed by atoms with Gasteiger partial charge in [0.1, 0.15) is 12.5 Å². The minimum Gasteiger partial charge on any atom is -0.416 e. The molecule has 6 aromatic rings. The van der Waals surface area contributed by atoms with Gasteiger partial charge in [-0.25, -0.2) is 0 Å². The number of ether oxygens (including phenoxy) is 1. The molecule has 0 aliphatic rings. The zero-order valence-electron chi connectivity index (χ0n) is 25.7. The fourth-order valence-corrected chi connectivity index (χ4v) is 5.37. The van der Waals surface area contributed by atoms with Crippen LogP contribution >= 0.6 is 0 Å². The van der Waals surface area contributed by atoms with Crippen LogP contribution in [0.25, 0.3) is 21.5 Å². The molecule has 0 saturated carbocycles. The lowest BCUT2D eigenvalue weighted by Crippen LogP contribution is -2.27. The normalized spacial score (nSPS) is 12.5. The third-order valence-electron chi connectivity index (χ3n) is 7.55. The van der Waals surface area contributed by atoms with E-state index in [1.54, 1.807) is 15.0 Å². The molecule has 6 rings (SSSR count). The third-order valence-corrected chi connectivity index (χ3v) is 7.55. The Balaban J connectivity index is 0.953. The first kappa shape index (κ1) is 30.5. The SMILES string of the molecule is CC(Nc1cccc2ccccc12)O[B]c1cccc(COCc2cccc([B]OC(C)Nc3cccc4ccccc34)c2)c1. The van der Waals surface area contributed by atoms with Crippen LogP contribution in [0.3, 0.4) is 0 Å². The number of anilines is 2. The minimum absolute atomic E-state index is 0.194. The van der Waals surface area contributed by atoms with Gasteiger partial charge >= 0.3 is 15.0 Å². The molecule has 0 heterocycles. The number of rotatable bonds is 14. The van der Waals surface area contributed by atoms with Crippen molar-refractivity contribution >= 4 is 58.8 Å². The number of benzene rings is 6. The predicted molar refractivity (Wildman–Crippen MR) is 188 cm³/mol. The lowest BCUT2D eigenvalue weighted by molar-refractivity contribution is 0.107. The van der Waals surface area contributed by atoms with E-state index in [0.29, 0.717) is 13.2 Å². The largest absolute Gasteiger partial charge is 0.416 e. The van der Waals surface area contributed by atoms with Crippen molar-refractivity contribution in [2.24, 2.45) is 0 Å².